The van der Waals surface area contributed by atoms with Gasteiger partial charge in [0.2, 0.25) is 0 Å². The van der Waals surface area contributed by atoms with E-state index in [-0.39, 0.29) is 24.0 Å². The maximum Gasteiger partial charge on any atom is 0.191 e. The zero-order chi connectivity index (χ0) is 18.7. The van der Waals surface area contributed by atoms with E-state index in [4.69, 9.17) is 23.6 Å². The Kier molecular flexibility index (Phi) is 9.98. The van der Waals surface area contributed by atoms with Gasteiger partial charge in [-0.05, 0) is 18.2 Å². The fraction of sp³-hybridized carbons (Fsp3) is 0.450. The van der Waals surface area contributed by atoms with Crippen molar-refractivity contribution in [3.05, 3.63) is 47.9 Å². The quantitative estimate of drug-likeness (QED) is 0.251. The molecule has 3 rings (SSSR count). The van der Waals surface area contributed by atoms with Crippen LogP contribution in [0.1, 0.15) is 17.7 Å². The van der Waals surface area contributed by atoms with Gasteiger partial charge in [-0.2, -0.15) is 0 Å². The number of benzene rings is 1. The van der Waals surface area contributed by atoms with Gasteiger partial charge in [0.25, 0.3) is 0 Å². The first-order chi connectivity index (χ1) is 13.4. The predicted octanol–water partition coefficient (Wildman–Crippen LogP) is 2.98. The van der Waals surface area contributed by atoms with Crippen LogP contribution in [0.15, 0.2) is 46.0 Å². The number of aliphatic imine (C=N–C) groups is 1. The van der Waals surface area contributed by atoms with Gasteiger partial charge in [-0.3, -0.25) is 0 Å². The highest BCUT2D eigenvalue weighted by Gasteiger charge is 2.14. The van der Waals surface area contributed by atoms with Crippen LogP contribution in [0.3, 0.4) is 0 Å². The van der Waals surface area contributed by atoms with Crippen molar-refractivity contribution in [2.24, 2.45) is 4.99 Å². The summed E-state index contributed by atoms with van der Waals surface area (Å²) in [4.78, 5) is 4.70. The van der Waals surface area contributed by atoms with Crippen LogP contribution >= 0.6 is 24.0 Å². The van der Waals surface area contributed by atoms with Gasteiger partial charge in [-0.1, -0.05) is 12.1 Å². The lowest BCUT2D eigenvalue weighted by atomic mass is 10.2. The molecule has 0 saturated heterocycles. The van der Waals surface area contributed by atoms with Crippen LogP contribution < -0.4 is 20.1 Å². The van der Waals surface area contributed by atoms with Gasteiger partial charge < -0.3 is 29.3 Å². The first-order valence-electron chi connectivity index (χ1n) is 9.28. The van der Waals surface area contributed by atoms with Crippen LogP contribution in [0.5, 0.6) is 11.5 Å². The Morgan fingerprint density at radius 2 is 1.96 bits per heavy atom. The Hall–Kier alpha value is -1.94. The molecule has 0 unspecified atom stereocenters. The van der Waals surface area contributed by atoms with Crippen molar-refractivity contribution in [1.82, 2.24) is 10.6 Å². The van der Waals surface area contributed by atoms with E-state index in [1.165, 1.54) is 0 Å². The van der Waals surface area contributed by atoms with E-state index in [0.717, 1.165) is 48.2 Å². The second kappa shape index (κ2) is 12.5. The van der Waals surface area contributed by atoms with Gasteiger partial charge in [-0.25, -0.2) is 4.99 Å². The molecule has 1 aromatic carbocycles. The maximum atomic E-state index is 5.87. The van der Waals surface area contributed by atoms with Gasteiger partial charge in [0.15, 0.2) is 17.5 Å². The van der Waals surface area contributed by atoms with E-state index >= 15 is 0 Å². The van der Waals surface area contributed by atoms with Crippen molar-refractivity contribution in [2.45, 2.75) is 19.4 Å². The highest BCUT2D eigenvalue weighted by atomic mass is 127. The van der Waals surface area contributed by atoms with Crippen LogP contribution in [0.4, 0.5) is 0 Å². The Labute approximate surface area is 182 Å². The van der Waals surface area contributed by atoms with Gasteiger partial charge in [0.1, 0.15) is 5.76 Å². The summed E-state index contributed by atoms with van der Waals surface area (Å²) in [5, 5.41) is 6.61. The van der Waals surface area contributed by atoms with E-state index in [1.807, 2.05) is 30.3 Å². The number of nitrogens with one attached hydrogen (secondary N) is 2. The maximum absolute atomic E-state index is 5.87. The summed E-state index contributed by atoms with van der Waals surface area (Å²) in [6, 6.07) is 9.79. The van der Waals surface area contributed by atoms with Crippen molar-refractivity contribution in [3.63, 3.8) is 0 Å². The molecule has 1 aliphatic heterocycles. The molecule has 0 amide bonds. The number of rotatable bonds is 8. The summed E-state index contributed by atoms with van der Waals surface area (Å²) in [7, 11) is 1.68. The molecule has 28 heavy (non-hydrogen) atoms. The molecule has 0 aliphatic carbocycles. The summed E-state index contributed by atoms with van der Waals surface area (Å²) in [5.74, 6) is 3.26. The third-order valence-corrected chi connectivity index (χ3v) is 4.10. The average Bonchev–Trinajstić information content (AvgIpc) is 3.08. The zero-order valence-electron chi connectivity index (χ0n) is 16.1. The molecule has 1 aliphatic rings. The largest absolute Gasteiger partial charge is 0.490 e. The highest BCUT2D eigenvalue weighted by Crippen LogP contribution is 2.33. The Balaban J connectivity index is 0.00000280. The fourth-order valence-corrected chi connectivity index (χ4v) is 2.75. The van der Waals surface area contributed by atoms with Gasteiger partial charge in [-0.15, -0.1) is 24.0 Å². The SMILES string of the molecule is COCCNC(=NCc1cccc2c1OCCCO2)NCCc1ccco1.I. The molecule has 0 fully saturated rings. The van der Waals surface area contributed by atoms with Crippen LogP contribution in [0, 0.1) is 0 Å². The number of para-hydroxylation sites is 1. The molecule has 154 valence electrons. The van der Waals surface area contributed by atoms with Gasteiger partial charge >= 0.3 is 0 Å². The third kappa shape index (κ3) is 6.90. The molecule has 0 spiro atoms. The molecular weight excluding hydrogens is 473 g/mol. The number of furan rings is 1. The summed E-state index contributed by atoms with van der Waals surface area (Å²) in [6.07, 6.45) is 3.36. The van der Waals surface area contributed by atoms with Crippen LogP contribution in [-0.4, -0.2) is 46.0 Å². The van der Waals surface area contributed by atoms with Crippen molar-refractivity contribution < 1.29 is 18.6 Å². The molecule has 1 aromatic heterocycles. The molecule has 7 nitrogen and oxygen atoms in total. The highest BCUT2D eigenvalue weighted by molar-refractivity contribution is 14.0. The summed E-state index contributed by atoms with van der Waals surface area (Å²) in [6.45, 7) is 3.84. The molecule has 0 atom stereocenters. The van der Waals surface area contributed by atoms with Crippen LogP contribution in [-0.2, 0) is 17.7 Å². The summed E-state index contributed by atoms with van der Waals surface area (Å²) >= 11 is 0. The molecule has 2 heterocycles. The standard InChI is InChI=1S/C20H27N3O4.HI/c1-24-14-10-22-20(21-9-8-17-6-3-11-25-17)23-15-16-5-2-7-18-19(16)27-13-4-12-26-18;/h2-3,5-7,11H,4,8-10,12-15H2,1H3,(H2,21,22,23);1H. The first kappa shape index (κ1) is 22.4. The smallest absolute Gasteiger partial charge is 0.191 e. The van der Waals surface area contributed by atoms with E-state index in [9.17, 15) is 0 Å². The lowest BCUT2D eigenvalue weighted by Gasteiger charge is -2.14. The Morgan fingerprint density at radius 3 is 2.79 bits per heavy atom. The molecule has 0 radical (unpaired) electrons. The van der Waals surface area contributed by atoms with Crippen molar-refractivity contribution in [1.29, 1.82) is 0 Å². The average molecular weight is 501 g/mol. The second-order valence-corrected chi connectivity index (χ2v) is 6.14. The number of hydrogen-bond acceptors (Lipinski definition) is 5. The normalized spacial score (nSPS) is 13.4. The first-order valence-corrected chi connectivity index (χ1v) is 9.28. The monoisotopic (exact) mass is 501 g/mol. The number of halogens is 1. The minimum Gasteiger partial charge on any atom is -0.490 e. The topological polar surface area (TPSA) is 77.2 Å². The molecular formula is C20H28IN3O4. The Bertz CT molecular complexity index is 722. The number of ether oxygens (including phenoxy) is 3. The number of nitrogens with zero attached hydrogens (tertiary/aromatic N) is 1. The van der Waals surface area contributed by atoms with E-state index in [2.05, 4.69) is 10.6 Å². The van der Waals surface area contributed by atoms with Crippen molar-refractivity contribution >= 4 is 29.9 Å². The van der Waals surface area contributed by atoms with Crippen LogP contribution in [0.25, 0.3) is 0 Å². The summed E-state index contributed by atoms with van der Waals surface area (Å²) < 4.78 is 22.1. The van der Waals surface area contributed by atoms with E-state index in [1.54, 1.807) is 13.4 Å². The molecule has 2 N–H and O–H groups in total. The van der Waals surface area contributed by atoms with E-state index < -0.39 is 0 Å². The molecule has 2 aromatic rings. The Morgan fingerprint density at radius 1 is 1.11 bits per heavy atom. The minimum absolute atomic E-state index is 0. The van der Waals surface area contributed by atoms with Crippen molar-refractivity contribution in [3.8, 4) is 11.5 Å². The zero-order valence-corrected chi connectivity index (χ0v) is 18.4. The fourth-order valence-electron chi connectivity index (χ4n) is 2.75. The van der Waals surface area contributed by atoms with Gasteiger partial charge in [0, 0.05) is 38.6 Å². The van der Waals surface area contributed by atoms with Gasteiger partial charge in [0.05, 0.1) is 32.6 Å². The molecule has 8 heteroatoms. The van der Waals surface area contributed by atoms with E-state index in [0.29, 0.717) is 32.9 Å². The number of fused-ring (bicyclic) bond motifs is 1. The number of guanidine groups is 1. The van der Waals surface area contributed by atoms with Crippen LogP contribution in [0.2, 0.25) is 0 Å². The number of methoxy groups -OCH3 is 1. The number of hydrogen-bond donors (Lipinski definition) is 2. The third-order valence-electron chi connectivity index (χ3n) is 4.10. The second-order valence-electron chi connectivity index (χ2n) is 6.14. The molecule has 0 bridgehead atoms. The van der Waals surface area contributed by atoms with Crippen molar-refractivity contribution in [2.75, 3.05) is 40.0 Å². The summed E-state index contributed by atoms with van der Waals surface area (Å²) in [5.41, 5.74) is 1.01. The lowest BCUT2D eigenvalue weighted by molar-refractivity contribution is 0.203. The lowest BCUT2D eigenvalue weighted by Crippen LogP contribution is -2.40. The predicted molar refractivity (Wildman–Crippen MR) is 119 cm³/mol. The minimum atomic E-state index is 0. The molecule has 0 saturated carbocycles.